The molecule has 0 radical (unpaired) electrons. The van der Waals surface area contributed by atoms with Gasteiger partial charge in [0.05, 0.1) is 25.8 Å². The summed E-state index contributed by atoms with van der Waals surface area (Å²) >= 11 is 3.39. The minimum Gasteiger partial charge on any atom is -0.504 e. The third kappa shape index (κ3) is 4.29. The Kier molecular flexibility index (Phi) is 5.97. The maximum absolute atomic E-state index is 13.1. The van der Waals surface area contributed by atoms with Gasteiger partial charge in [0.2, 0.25) is 0 Å². The van der Waals surface area contributed by atoms with Gasteiger partial charge in [0.15, 0.2) is 11.5 Å². The lowest BCUT2D eigenvalue weighted by Gasteiger charge is -2.29. The van der Waals surface area contributed by atoms with Crippen molar-refractivity contribution in [2.45, 2.75) is 13.0 Å². The van der Waals surface area contributed by atoms with E-state index < -0.39 is 12.1 Å². The number of carbonyl (C=O) groups excluding carboxylic acids is 2. The van der Waals surface area contributed by atoms with E-state index in [0.29, 0.717) is 32.7 Å². The molecule has 0 unspecified atom stereocenters. The van der Waals surface area contributed by atoms with Crippen LogP contribution in [0.3, 0.4) is 0 Å². The Bertz CT molecular complexity index is 988. The van der Waals surface area contributed by atoms with E-state index >= 15 is 0 Å². The molecule has 0 fully saturated rings. The smallest absolute Gasteiger partial charge is 0.319 e. The van der Waals surface area contributed by atoms with Crippen LogP contribution in [0, 0.1) is 0 Å². The number of allylic oxidation sites excluding steroid dienone is 1. The number of hydrogen-bond acceptors (Lipinski definition) is 5. The van der Waals surface area contributed by atoms with Gasteiger partial charge in [0, 0.05) is 15.9 Å². The van der Waals surface area contributed by atoms with Crippen LogP contribution in [-0.4, -0.2) is 31.3 Å². The van der Waals surface area contributed by atoms with Gasteiger partial charge in [-0.3, -0.25) is 4.79 Å². The number of amides is 3. The topological polar surface area (TPSA) is 109 Å². The first kappa shape index (κ1) is 20.5. The molecule has 0 aromatic heterocycles. The van der Waals surface area contributed by atoms with Gasteiger partial charge < -0.3 is 30.5 Å². The number of rotatable bonds is 5. The second-order valence-electron chi connectivity index (χ2n) is 6.30. The summed E-state index contributed by atoms with van der Waals surface area (Å²) in [5, 5.41) is 18.2. The zero-order valence-corrected chi connectivity index (χ0v) is 17.6. The molecule has 0 bridgehead atoms. The lowest BCUT2D eigenvalue weighted by molar-refractivity contribution is -0.113. The number of methoxy groups -OCH3 is 2. The second kappa shape index (κ2) is 8.44. The highest BCUT2D eigenvalue weighted by Gasteiger charge is 2.33. The largest absolute Gasteiger partial charge is 0.504 e. The molecule has 0 aliphatic carbocycles. The summed E-state index contributed by atoms with van der Waals surface area (Å²) in [5.74, 6) is 0.448. The van der Waals surface area contributed by atoms with Crippen molar-refractivity contribution in [1.29, 1.82) is 0 Å². The van der Waals surface area contributed by atoms with Crippen molar-refractivity contribution >= 4 is 33.6 Å². The van der Waals surface area contributed by atoms with Crippen molar-refractivity contribution in [3.63, 3.8) is 0 Å². The standard InChI is InChI=1S/C20H20BrN3O5/c1-10-17(19(26)23-11-4-6-12(28-2)7-5-11)18(24-20(27)22-10)13-8-16(29-3)15(25)9-14(13)21/h4-9,18,25H,1-3H3,(H,23,26)(H2,22,24,27)/t18-/m1/s1. The Morgan fingerprint density at radius 1 is 1.17 bits per heavy atom. The molecular weight excluding hydrogens is 442 g/mol. The maximum atomic E-state index is 13.1. The summed E-state index contributed by atoms with van der Waals surface area (Å²) in [6.45, 7) is 1.65. The van der Waals surface area contributed by atoms with Crippen LogP contribution >= 0.6 is 15.9 Å². The molecule has 0 saturated carbocycles. The SMILES string of the molecule is COc1ccc(NC(=O)C2=C(C)NC(=O)N[C@@H]2c2cc(OC)c(O)cc2Br)cc1. The fourth-order valence-corrected chi connectivity index (χ4v) is 3.60. The van der Waals surface area contributed by atoms with Gasteiger partial charge in [-0.15, -0.1) is 0 Å². The summed E-state index contributed by atoms with van der Waals surface area (Å²) in [7, 11) is 2.98. The highest BCUT2D eigenvalue weighted by Crippen LogP contribution is 2.39. The van der Waals surface area contributed by atoms with Crippen LogP contribution in [0.25, 0.3) is 0 Å². The monoisotopic (exact) mass is 461 g/mol. The van der Waals surface area contributed by atoms with Gasteiger partial charge >= 0.3 is 6.03 Å². The zero-order valence-electron chi connectivity index (χ0n) is 16.0. The van der Waals surface area contributed by atoms with Crippen LogP contribution in [0.1, 0.15) is 18.5 Å². The molecule has 9 heteroatoms. The fraction of sp³-hybridized carbons (Fsp3) is 0.200. The van der Waals surface area contributed by atoms with Gasteiger partial charge in [-0.05, 0) is 48.9 Å². The predicted molar refractivity (Wildman–Crippen MR) is 111 cm³/mol. The van der Waals surface area contributed by atoms with Crippen molar-refractivity contribution in [3.05, 3.63) is 57.7 Å². The van der Waals surface area contributed by atoms with Crippen molar-refractivity contribution < 1.29 is 24.2 Å². The number of carbonyl (C=O) groups is 2. The summed E-state index contributed by atoms with van der Waals surface area (Å²) in [4.78, 5) is 25.2. The summed E-state index contributed by atoms with van der Waals surface area (Å²) < 4.78 is 10.8. The van der Waals surface area contributed by atoms with Gasteiger partial charge in [-0.1, -0.05) is 15.9 Å². The molecule has 1 aliphatic heterocycles. The highest BCUT2D eigenvalue weighted by atomic mass is 79.9. The zero-order chi connectivity index (χ0) is 21.1. The molecule has 29 heavy (non-hydrogen) atoms. The van der Waals surface area contributed by atoms with Crippen LogP contribution in [0.5, 0.6) is 17.2 Å². The van der Waals surface area contributed by atoms with Crippen molar-refractivity contribution in [3.8, 4) is 17.2 Å². The van der Waals surface area contributed by atoms with E-state index in [-0.39, 0.29) is 17.4 Å². The van der Waals surface area contributed by atoms with Crippen molar-refractivity contribution in [1.82, 2.24) is 10.6 Å². The normalized spacial score (nSPS) is 16.0. The highest BCUT2D eigenvalue weighted by molar-refractivity contribution is 9.10. The summed E-state index contributed by atoms with van der Waals surface area (Å²) in [6.07, 6.45) is 0. The summed E-state index contributed by atoms with van der Waals surface area (Å²) in [6, 6.07) is 8.73. The molecule has 3 rings (SSSR count). The number of urea groups is 1. The molecule has 2 aromatic carbocycles. The number of ether oxygens (including phenoxy) is 2. The second-order valence-corrected chi connectivity index (χ2v) is 7.15. The van der Waals surface area contributed by atoms with E-state index in [1.807, 2.05) is 0 Å². The van der Waals surface area contributed by atoms with Crippen LogP contribution in [0.4, 0.5) is 10.5 Å². The van der Waals surface area contributed by atoms with Gasteiger partial charge in [0.25, 0.3) is 5.91 Å². The van der Waals surface area contributed by atoms with E-state index in [1.54, 1.807) is 44.4 Å². The van der Waals surface area contributed by atoms with Gasteiger partial charge in [0.1, 0.15) is 5.75 Å². The Morgan fingerprint density at radius 3 is 2.48 bits per heavy atom. The molecule has 4 N–H and O–H groups in total. The quantitative estimate of drug-likeness (QED) is 0.545. The van der Waals surface area contributed by atoms with E-state index in [4.69, 9.17) is 9.47 Å². The van der Waals surface area contributed by atoms with Gasteiger partial charge in [-0.25, -0.2) is 4.79 Å². The molecule has 0 saturated heterocycles. The molecule has 0 spiro atoms. The number of phenolic OH excluding ortho intramolecular Hbond substituents is 1. The molecule has 1 heterocycles. The minimum absolute atomic E-state index is 0.0617. The van der Waals surface area contributed by atoms with Gasteiger partial charge in [-0.2, -0.15) is 0 Å². The number of hydrogen-bond donors (Lipinski definition) is 4. The molecular formula is C20H20BrN3O5. The Hall–Kier alpha value is -3.20. The molecule has 3 amide bonds. The van der Waals surface area contributed by atoms with E-state index in [9.17, 15) is 14.7 Å². The van der Waals surface area contributed by atoms with Crippen LogP contribution in [0.2, 0.25) is 0 Å². The molecule has 152 valence electrons. The number of benzene rings is 2. The van der Waals surface area contributed by atoms with Crippen LogP contribution in [0.15, 0.2) is 52.1 Å². The lowest BCUT2D eigenvalue weighted by atomic mass is 9.94. The number of anilines is 1. The minimum atomic E-state index is -0.758. The molecule has 1 aliphatic rings. The van der Waals surface area contributed by atoms with E-state index in [1.165, 1.54) is 13.2 Å². The molecule has 2 aromatic rings. The first-order valence-corrected chi connectivity index (χ1v) is 9.43. The Labute approximate surface area is 176 Å². The third-order valence-corrected chi connectivity index (χ3v) is 5.16. The fourth-order valence-electron chi connectivity index (χ4n) is 3.04. The lowest BCUT2D eigenvalue weighted by Crippen LogP contribution is -2.46. The van der Waals surface area contributed by atoms with Crippen LogP contribution < -0.4 is 25.4 Å². The Morgan fingerprint density at radius 2 is 1.86 bits per heavy atom. The number of nitrogens with one attached hydrogen (secondary N) is 3. The average molecular weight is 462 g/mol. The predicted octanol–water partition coefficient (Wildman–Crippen LogP) is 3.44. The first-order valence-electron chi connectivity index (χ1n) is 8.64. The third-order valence-electron chi connectivity index (χ3n) is 4.47. The van der Waals surface area contributed by atoms with Crippen LogP contribution in [-0.2, 0) is 4.79 Å². The number of halogens is 1. The van der Waals surface area contributed by atoms with E-state index in [0.717, 1.165) is 0 Å². The summed E-state index contributed by atoms with van der Waals surface area (Å²) in [5.41, 5.74) is 1.89. The first-order chi connectivity index (χ1) is 13.8. The Balaban J connectivity index is 1.98. The number of aromatic hydroxyl groups is 1. The maximum Gasteiger partial charge on any atom is 0.319 e. The molecule has 8 nitrogen and oxygen atoms in total. The van der Waals surface area contributed by atoms with E-state index in [2.05, 4.69) is 31.9 Å². The molecule has 1 atom stereocenters. The number of phenols is 1. The van der Waals surface area contributed by atoms with Crippen molar-refractivity contribution in [2.24, 2.45) is 0 Å². The average Bonchev–Trinajstić information content (AvgIpc) is 2.68. The van der Waals surface area contributed by atoms with Crippen molar-refractivity contribution in [2.75, 3.05) is 19.5 Å².